The molecule has 40 heavy (non-hydrogen) atoms. The van der Waals surface area contributed by atoms with Gasteiger partial charge in [-0.3, -0.25) is 14.4 Å². The number of aromatic hydroxyl groups is 2. The fourth-order valence-corrected chi connectivity index (χ4v) is 5.32. The number of ketones is 3. The van der Waals surface area contributed by atoms with Crippen LogP contribution in [0.15, 0.2) is 18.2 Å². The minimum absolute atomic E-state index is 0.0568. The third kappa shape index (κ3) is 5.45. The molecule has 5 atom stereocenters. The van der Waals surface area contributed by atoms with Crippen LogP contribution in [-0.4, -0.2) is 81.1 Å². The van der Waals surface area contributed by atoms with E-state index in [4.69, 9.17) is 25.4 Å². The highest BCUT2D eigenvalue weighted by Gasteiger charge is 2.41. The molecule has 1 saturated heterocycles. The Balaban J connectivity index is 0.000000309. The van der Waals surface area contributed by atoms with E-state index in [0.29, 0.717) is 18.4 Å². The summed E-state index contributed by atoms with van der Waals surface area (Å²) < 4.78 is 10.1. The number of phenolic OH excluding ortho intramolecular Hbond substituents is 2. The highest BCUT2D eigenvalue weighted by molar-refractivity contribution is 6.31. The largest absolute Gasteiger partial charge is 0.507 e. The summed E-state index contributed by atoms with van der Waals surface area (Å²) in [6.45, 7) is 1.08. The van der Waals surface area contributed by atoms with Crippen LogP contribution in [0.4, 0.5) is 0 Å². The summed E-state index contributed by atoms with van der Waals surface area (Å²) in [6.07, 6.45) is 7.20. The lowest BCUT2D eigenvalue weighted by atomic mass is 9.75. The molecule has 1 heterocycles. The average Bonchev–Trinajstić information content (AvgIpc) is 2.96. The first-order valence-electron chi connectivity index (χ1n) is 12.6. The molecule has 3 aliphatic rings. The SMILES string of the molecule is C#C.CC1OC(O)CC(N)C1O.COc1cccc2c1C(=O)c1c(O)c3c(c(O)c1C2=O)CC(C(=O)CO)CC3. The van der Waals surface area contributed by atoms with E-state index < -0.39 is 36.5 Å². The number of carbonyl (C=O) groups excluding carboxylic acids is 3. The summed E-state index contributed by atoms with van der Waals surface area (Å²) in [5.74, 6) is -2.56. The van der Waals surface area contributed by atoms with E-state index in [-0.39, 0.29) is 75.8 Å². The van der Waals surface area contributed by atoms with Crippen LogP contribution in [0.2, 0.25) is 0 Å². The second kappa shape index (κ2) is 12.6. The van der Waals surface area contributed by atoms with Gasteiger partial charge in [-0.25, -0.2) is 0 Å². The van der Waals surface area contributed by atoms with Crippen LogP contribution in [0.3, 0.4) is 0 Å². The molecule has 0 radical (unpaired) electrons. The van der Waals surface area contributed by atoms with Crippen molar-refractivity contribution in [3.8, 4) is 30.1 Å². The quantitative estimate of drug-likeness (QED) is 0.195. The molecule has 2 aromatic rings. The third-order valence-corrected chi connectivity index (χ3v) is 7.40. The second-order valence-corrected chi connectivity index (χ2v) is 9.70. The number of fused-ring (bicyclic) bond motifs is 3. The summed E-state index contributed by atoms with van der Waals surface area (Å²) in [5.41, 5.74) is 5.77. The number of benzene rings is 2. The van der Waals surface area contributed by atoms with Gasteiger partial charge in [0.15, 0.2) is 17.9 Å². The number of aliphatic hydroxyl groups excluding tert-OH is 3. The zero-order valence-corrected chi connectivity index (χ0v) is 22.2. The highest BCUT2D eigenvalue weighted by Crippen LogP contribution is 2.47. The van der Waals surface area contributed by atoms with E-state index in [1.165, 1.54) is 13.2 Å². The number of nitrogens with two attached hydrogens (primary N) is 1. The average molecular weight is 556 g/mol. The molecular weight excluding hydrogens is 522 g/mol. The molecule has 214 valence electrons. The first-order valence-corrected chi connectivity index (χ1v) is 12.6. The van der Waals surface area contributed by atoms with Gasteiger partial charge in [0.05, 0.1) is 36.0 Å². The monoisotopic (exact) mass is 555 g/mol. The van der Waals surface area contributed by atoms with Crippen molar-refractivity contribution in [2.75, 3.05) is 13.7 Å². The van der Waals surface area contributed by atoms with Gasteiger partial charge in [0, 0.05) is 35.1 Å². The van der Waals surface area contributed by atoms with Gasteiger partial charge in [-0.05, 0) is 32.3 Å². The van der Waals surface area contributed by atoms with Gasteiger partial charge in [-0.1, -0.05) is 12.1 Å². The number of ether oxygens (including phenoxy) is 2. The number of hydrogen-bond donors (Lipinski definition) is 6. The maximum Gasteiger partial charge on any atom is 0.202 e. The Bertz CT molecular complexity index is 1320. The molecule has 11 nitrogen and oxygen atoms in total. The van der Waals surface area contributed by atoms with Gasteiger partial charge in [-0.2, -0.15) is 0 Å². The lowest BCUT2D eigenvalue weighted by molar-refractivity contribution is -0.198. The van der Waals surface area contributed by atoms with Crippen LogP contribution in [0.25, 0.3) is 0 Å². The highest BCUT2D eigenvalue weighted by atomic mass is 16.6. The van der Waals surface area contributed by atoms with E-state index >= 15 is 0 Å². The Hall–Kier alpha value is -3.79. The van der Waals surface area contributed by atoms with Gasteiger partial charge in [0.25, 0.3) is 0 Å². The Morgan fingerprint density at radius 1 is 1.07 bits per heavy atom. The Kier molecular flexibility index (Phi) is 9.68. The second-order valence-electron chi connectivity index (χ2n) is 9.70. The number of aliphatic hydroxyl groups is 3. The first kappa shape index (κ1) is 30.7. The third-order valence-electron chi connectivity index (χ3n) is 7.40. The van der Waals surface area contributed by atoms with Crippen molar-refractivity contribution >= 4 is 17.3 Å². The predicted molar refractivity (Wildman–Crippen MR) is 142 cm³/mol. The number of phenols is 2. The van der Waals surface area contributed by atoms with Crippen LogP contribution in [-0.2, 0) is 22.4 Å². The zero-order chi connectivity index (χ0) is 29.9. The summed E-state index contributed by atoms with van der Waals surface area (Å²) >= 11 is 0. The lowest BCUT2D eigenvalue weighted by Crippen LogP contribution is -2.51. The van der Waals surface area contributed by atoms with Crippen LogP contribution >= 0.6 is 0 Å². The van der Waals surface area contributed by atoms with Gasteiger partial charge in [0.1, 0.15) is 23.9 Å². The van der Waals surface area contributed by atoms with Gasteiger partial charge < -0.3 is 40.7 Å². The van der Waals surface area contributed by atoms with E-state index in [2.05, 4.69) is 12.8 Å². The number of carbonyl (C=O) groups is 3. The number of rotatable bonds is 3. The molecule has 0 bridgehead atoms. The van der Waals surface area contributed by atoms with Crippen molar-refractivity contribution in [2.45, 2.75) is 57.1 Å². The molecule has 0 aromatic heterocycles. The Morgan fingerprint density at radius 3 is 2.30 bits per heavy atom. The minimum atomic E-state index is -0.812. The van der Waals surface area contributed by atoms with Crippen molar-refractivity contribution in [2.24, 2.45) is 11.7 Å². The molecule has 0 spiro atoms. The lowest BCUT2D eigenvalue weighted by Gasteiger charge is -2.33. The predicted octanol–water partition coefficient (Wildman–Crippen LogP) is 0.599. The molecule has 5 unspecified atom stereocenters. The fraction of sp³-hybridized carbons (Fsp3) is 0.414. The molecule has 0 saturated carbocycles. The van der Waals surface area contributed by atoms with Crippen LogP contribution < -0.4 is 10.5 Å². The minimum Gasteiger partial charge on any atom is -0.507 e. The maximum atomic E-state index is 13.1. The molecule has 0 amide bonds. The topological polar surface area (TPSA) is 197 Å². The summed E-state index contributed by atoms with van der Waals surface area (Å²) in [7, 11) is 1.38. The molecule has 7 N–H and O–H groups in total. The Morgan fingerprint density at radius 2 is 1.70 bits per heavy atom. The van der Waals surface area contributed by atoms with Crippen molar-refractivity contribution in [3.63, 3.8) is 0 Å². The van der Waals surface area contributed by atoms with E-state index in [1.807, 2.05) is 0 Å². The number of methoxy groups -OCH3 is 1. The number of hydrogen-bond acceptors (Lipinski definition) is 11. The number of terminal acetylenes is 1. The first-order chi connectivity index (χ1) is 19.0. The van der Waals surface area contributed by atoms with Crippen molar-refractivity contribution in [1.82, 2.24) is 0 Å². The normalized spacial score (nSPS) is 24.6. The van der Waals surface area contributed by atoms with Crippen LogP contribution in [0.1, 0.15) is 62.7 Å². The van der Waals surface area contributed by atoms with E-state index in [1.54, 1.807) is 19.1 Å². The molecule has 2 aromatic carbocycles. The summed E-state index contributed by atoms with van der Waals surface area (Å²) in [4.78, 5) is 38.1. The fourth-order valence-electron chi connectivity index (χ4n) is 5.32. The number of Topliss-reactive ketones (excluding diaryl/α,β-unsaturated/α-hetero) is 1. The smallest absolute Gasteiger partial charge is 0.202 e. The van der Waals surface area contributed by atoms with Crippen molar-refractivity contribution in [1.29, 1.82) is 0 Å². The van der Waals surface area contributed by atoms with E-state index in [0.717, 1.165) is 0 Å². The van der Waals surface area contributed by atoms with Crippen molar-refractivity contribution < 1.29 is 49.4 Å². The molecule has 5 rings (SSSR count). The standard InChI is InChI=1S/C21H18O7.C6H13NO3.C2H2/c1-28-14-4-2-3-11-15(14)21(27)17-16(19(11)25)20(26)12-7-9(13(23)8-22)5-6-10(12)18(17)24;1-3-6(9)4(7)2-5(8)10-3;1-2/h2-4,9,22,24,26H,5-8H2,1H3;3-6,8-9H,2,7H2,1H3;1-2H. The Labute approximate surface area is 231 Å². The van der Waals surface area contributed by atoms with Crippen LogP contribution in [0, 0.1) is 18.8 Å². The van der Waals surface area contributed by atoms with Crippen LogP contribution in [0.5, 0.6) is 17.2 Å². The van der Waals surface area contributed by atoms with Gasteiger partial charge in [-0.15, -0.1) is 12.8 Å². The zero-order valence-electron chi connectivity index (χ0n) is 22.2. The molecule has 1 fully saturated rings. The molecule has 11 heteroatoms. The van der Waals surface area contributed by atoms with Gasteiger partial charge in [0.2, 0.25) is 5.78 Å². The maximum absolute atomic E-state index is 13.1. The summed E-state index contributed by atoms with van der Waals surface area (Å²) in [5, 5.41) is 48.9. The molecular formula is C29H33NO10. The molecule has 2 aliphatic carbocycles. The molecule has 1 aliphatic heterocycles. The van der Waals surface area contributed by atoms with Crippen molar-refractivity contribution in [3.05, 3.63) is 51.6 Å². The van der Waals surface area contributed by atoms with E-state index in [9.17, 15) is 29.7 Å². The van der Waals surface area contributed by atoms with Gasteiger partial charge >= 0.3 is 0 Å². The summed E-state index contributed by atoms with van der Waals surface area (Å²) in [6, 6.07) is 4.22.